The molecule has 0 aromatic heterocycles. The molecule has 0 bridgehead atoms. The molecule has 0 aromatic carbocycles. The van der Waals surface area contributed by atoms with Gasteiger partial charge in [0.2, 0.25) is 5.91 Å². The monoisotopic (exact) mass is 268 g/mol. The molecular weight excluding hydrogens is 240 g/mol. The molecule has 2 aliphatic rings. The van der Waals surface area contributed by atoms with Gasteiger partial charge in [-0.15, -0.1) is 0 Å². The third-order valence-electron chi connectivity index (χ3n) is 4.54. The number of hydrogen-bond donors (Lipinski definition) is 2. The highest BCUT2D eigenvalue weighted by molar-refractivity contribution is 5.78. The first-order valence-electron chi connectivity index (χ1n) is 7.75. The summed E-state index contributed by atoms with van der Waals surface area (Å²) in [6, 6.07) is 0.823. The second-order valence-electron chi connectivity index (χ2n) is 6.34. The first-order valence-corrected chi connectivity index (χ1v) is 7.75. The van der Waals surface area contributed by atoms with Gasteiger partial charge in [0.15, 0.2) is 0 Å². The molecule has 1 heterocycles. The van der Waals surface area contributed by atoms with Gasteiger partial charge in [-0.1, -0.05) is 13.8 Å². The highest BCUT2D eigenvalue weighted by Gasteiger charge is 2.25. The summed E-state index contributed by atoms with van der Waals surface area (Å²) >= 11 is 0. The number of carbonyl (C=O) groups is 1. The van der Waals surface area contributed by atoms with Crippen LogP contribution in [0.25, 0.3) is 0 Å². The maximum atomic E-state index is 11.9. The molecule has 0 radical (unpaired) electrons. The number of amides is 1. The van der Waals surface area contributed by atoms with Crippen LogP contribution >= 0.6 is 0 Å². The topological polar surface area (TPSA) is 50.4 Å². The van der Waals surface area contributed by atoms with Gasteiger partial charge in [-0.3, -0.25) is 4.79 Å². The molecule has 2 fully saturated rings. The molecule has 0 spiro atoms. The van der Waals surface area contributed by atoms with Gasteiger partial charge in [0.1, 0.15) is 0 Å². The van der Waals surface area contributed by atoms with Crippen LogP contribution in [-0.2, 0) is 9.53 Å². The molecule has 1 saturated heterocycles. The minimum atomic E-state index is 0.137. The fourth-order valence-electron chi connectivity index (χ4n) is 3.31. The lowest BCUT2D eigenvalue weighted by molar-refractivity contribution is -0.121. The molecular formula is C15H28N2O2. The molecule has 1 saturated carbocycles. The van der Waals surface area contributed by atoms with Crippen molar-refractivity contribution in [1.29, 1.82) is 0 Å². The average molecular weight is 268 g/mol. The van der Waals surface area contributed by atoms with Crippen molar-refractivity contribution < 1.29 is 9.53 Å². The van der Waals surface area contributed by atoms with E-state index in [4.69, 9.17) is 4.74 Å². The third kappa shape index (κ3) is 4.77. The number of carbonyl (C=O) groups excluding carboxylic acids is 1. The van der Waals surface area contributed by atoms with E-state index in [1.807, 2.05) is 0 Å². The normalized spacial score (nSPS) is 33.1. The lowest BCUT2D eigenvalue weighted by atomic mass is 9.80. The van der Waals surface area contributed by atoms with E-state index in [0.717, 1.165) is 32.0 Å². The zero-order chi connectivity index (χ0) is 13.7. The Kier molecular flexibility index (Phi) is 5.64. The molecule has 4 heteroatoms. The van der Waals surface area contributed by atoms with Gasteiger partial charge in [-0.25, -0.2) is 0 Å². The lowest BCUT2D eigenvalue weighted by Crippen LogP contribution is -2.47. The number of ether oxygens (including phenoxy) is 1. The Hall–Kier alpha value is -0.610. The van der Waals surface area contributed by atoms with Crippen molar-refractivity contribution in [1.82, 2.24) is 10.6 Å². The van der Waals surface area contributed by atoms with E-state index in [2.05, 4.69) is 24.5 Å². The Morgan fingerprint density at radius 3 is 2.58 bits per heavy atom. The molecule has 1 aliphatic heterocycles. The summed E-state index contributed by atoms with van der Waals surface area (Å²) in [5.41, 5.74) is 0. The van der Waals surface area contributed by atoms with Crippen molar-refractivity contribution in [2.24, 2.45) is 11.8 Å². The zero-order valence-electron chi connectivity index (χ0n) is 12.3. The smallest absolute Gasteiger partial charge is 0.234 e. The Balaban J connectivity index is 1.65. The number of nitrogens with one attached hydrogen (secondary N) is 2. The summed E-state index contributed by atoms with van der Waals surface area (Å²) in [6.45, 7) is 6.63. The quantitative estimate of drug-likeness (QED) is 0.816. The summed E-state index contributed by atoms with van der Waals surface area (Å²) in [7, 11) is 0. The maximum absolute atomic E-state index is 11.9. The Morgan fingerprint density at radius 1 is 1.16 bits per heavy atom. The van der Waals surface area contributed by atoms with Crippen molar-refractivity contribution >= 4 is 5.91 Å². The molecule has 0 aromatic rings. The third-order valence-corrected chi connectivity index (χ3v) is 4.54. The van der Waals surface area contributed by atoms with Gasteiger partial charge in [0.05, 0.1) is 6.54 Å². The van der Waals surface area contributed by atoms with Gasteiger partial charge in [-0.2, -0.15) is 0 Å². The van der Waals surface area contributed by atoms with Crippen LogP contribution < -0.4 is 10.6 Å². The minimum Gasteiger partial charge on any atom is -0.381 e. The predicted octanol–water partition coefficient (Wildman–Crippen LogP) is 1.70. The Labute approximate surface area is 116 Å². The van der Waals surface area contributed by atoms with E-state index in [0.29, 0.717) is 24.5 Å². The second kappa shape index (κ2) is 7.25. The zero-order valence-corrected chi connectivity index (χ0v) is 12.3. The average Bonchev–Trinajstić information content (AvgIpc) is 2.39. The molecule has 3 unspecified atom stereocenters. The van der Waals surface area contributed by atoms with Crippen molar-refractivity contribution in [3.05, 3.63) is 0 Å². The fourth-order valence-corrected chi connectivity index (χ4v) is 3.31. The van der Waals surface area contributed by atoms with E-state index in [1.54, 1.807) is 0 Å². The standard InChI is InChI=1S/C15H28N2O2/c1-11-3-4-14(12(2)9-11)16-10-15(18)17-13-5-7-19-8-6-13/h11-14,16H,3-10H2,1-2H3,(H,17,18). The fraction of sp³-hybridized carbons (Fsp3) is 0.933. The molecule has 4 nitrogen and oxygen atoms in total. The minimum absolute atomic E-state index is 0.137. The van der Waals surface area contributed by atoms with Crippen LogP contribution in [0.5, 0.6) is 0 Å². The van der Waals surface area contributed by atoms with Gasteiger partial charge in [0, 0.05) is 25.3 Å². The first kappa shape index (κ1) is 14.8. The molecule has 2 rings (SSSR count). The molecule has 3 atom stereocenters. The van der Waals surface area contributed by atoms with Crippen LogP contribution in [0.15, 0.2) is 0 Å². The van der Waals surface area contributed by atoms with Crippen molar-refractivity contribution in [3.63, 3.8) is 0 Å². The summed E-state index contributed by atoms with van der Waals surface area (Å²) in [5, 5.41) is 6.54. The molecule has 2 N–H and O–H groups in total. The van der Waals surface area contributed by atoms with Crippen LogP contribution in [0, 0.1) is 11.8 Å². The van der Waals surface area contributed by atoms with Gasteiger partial charge >= 0.3 is 0 Å². The molecule has 1 amide bonds. The van der Waals surface area contributed by atoms with E-state index < -0.39 is 0 Å². The largest absolute Gasteiger partial charge is 0.381 e. The summed E-state index contributed by atoms with van der Waals surface area (Å²) in [4.78, 5) is 11.9. The number of hydrogen-bond acceptors (Lipinski definition) is 3. The van der Waals surface area contributed by atoms with Crippen LogP contribution in [0.2, 0.25) is 0 Å². The van der Waals surface area contributed by atoms with Gasteiger partial charge < -0.3 is 15.4 Å². The summed E-state index contributed by atoms with van der Waals surface area (Å²) < 4.78 is 5.29. The van der Waals surface area contributed by atoms with E-state index in [9.17, 15) is 4.79 Å². The van der Waals surface area contributed by atoms with E-state index >= 15 is 0 Å². The number of rotatable bonds is 4. The van der Waals surface area contributed by atoms with E-state index in [-0.39, 0.29) is 5.91 Å². The SMILES string of the molecule is CC1CCC(NCC(=O)NC2CCOCC2)C(C)C1. The molecule has 110 valence electrons. The van der Waals surface area contributed by atoms with Crippen LogP contribution in [0.3, 0.4) is 0 Å². The summed E-state index contributed by atoms with van der Waals surface area (Å²) in [5.74, 6) is 1.65. The van der Waals surface area contributed by atoms with Crippen molar-refractivity contribution in [2.45, 2.75) is 58.0 Å². The van der Waals surface area contributed by atoms with Crippen LogP contribution in [0.4, 0.5) is 0 Å². The second-order valence-corrected chi connectivity index (χ2v) is 6.34. The lowest BCUT2D eigenvalue weighted by Gasteiger charge is -2.33. The van der Waals surface area contributed by atoms with Crippen molar-refractivity contribution in [2.75, 3.05) is 19.8 Å². The first-order chi connectivity index (χ1) is 9.15. The van der Waals surface area contributed by atoms with Gasteiger partial charge in [0.25, 0.3) is 0 Å². The molecule has 19 heavy (non-hydrogen) atoms. The molecule has 1 aliphatic carbocycles. The Bertz CT molecular complexity index is 290. The van der Waals surface area contributed by atoms with Gasteiger partial charge in [-0.05, 0) is 43.9 Å². The summed E-state index contributed by atoms with van der Waals surface area (Å²) in [6.07, 6.45) is 5.65. The van der Waals surface area contributed by atoms with E-state index in [1.165, 1.54) is 19.3 Å². The van der Waals surface area contributed by atoms with Crippen LogP contribution in [-0.4, -0.2) is 37.7 Å². The maximum Gasteiger partial charge on any atom is 0.234 e. The van der Waals surface area contributed by atoms with Crippen molar-refractivity contribution in [3.8, 4) is 0 Å². The van der Waals surface area contributed by atoms with Crippen LogP contribution in [0.1, 0.15) is 46.0 Å². The highest BCUT2D eigenvalue weighted by atomic mass is 16.5. The predicted molar refractivity (Wildman–Crippen MR) is 76.0 cm³/mol. The highest BCUT2D eigenvalue weighted by Crippen LogP contribution is 2.28. The Morgan fingerprint density at radius 2 is 1.89 bits per heavy atom.